The van der Waals surface area contributed by atoms with Crippen molar-refractivity contribution in [3.05, 3.63) is 41.6 Å². The summed E-state index contributed by atoms with van der Waals surface area (Å²) in [6.45, 7) is 1.87. The molecule has 1 N–H and O–H groups in total. The largest absolute Gasteiger partial charge is 0.671 e. The molecule has 0 saturated heterocycles. The second-order valence-electron chi connectivity index (χ2n) is 2.13. The first-order chi connectivity index (χ1) is 4.30. The van der Waals surface area contributed by atoms with E-state index in [0.717, 1.165) is 5.56 Å². The normalized spacial score (nSPS) is 11.8. The van der Waals surface area contributed by atoms with Crippen LogP contribution in [0.15, 0.2) is 30.3 Å². The summed E-state index contributed by atoms with van der Waals surface area (Å²) in [5, 5.41) is 0. The second-order valence-corrected chi connectivity index (χ2v) is 2.13. The van der Waals surface area contributed by atoms with Gasteiger partial charge in [-0.25, -0.2) is 0 Å². The van der Waals surface area contributed by atoms with Crippen LogP contribution in [0.1, 0.15) is 18.5 Å². The maximum absolute atomic E-state index is 7.32. The summed E-state index contributed by atoms with van der Waals surface area (Å²) in [5.74, 6) is 0. The van der Waals surface area contributed by atoms with Gasteiger partial charge in [-0.3, -0.25) is 0 Å². The van der Waals surface area contributed by atoms with Gasteiger partial charge in [0.2, 0.25) is 0 Å². The van der Waals surface area contributed by atoms with Crippen LogP contribution in [-0.4, -0.2) is 0 Å². The number of hydrogen-bond acceptors (Lipinski definition) is 0. The Bertz CT molecular complexity index is 172. The minimum absolute atomic E-state index is 0. The Morgan fingerprint density at radius 2 is 1.70 bits per heavy atom. The standard InChI is InChI=1S/C8H10N.Ac/c1-7(9)8-5-3-2-4-6-8;/h2-7,9H,1H3;/q-1;/t7-;/m1./s1. The fraction of sp³-hybridized carbons (Fsp3) is 0.250. The quantitative estimate of drug-likeness (QED) is 0.746. The van der Waals surface area contributed by atoms with Crippen LogP contribution >= 0.6 is 0 Å². The minimum atomic E-state index is -0.0915. The van der Waals surface area contributed by atoms with Crippen LogP contribution in [0.3, 0.4) is 0 Å². The molecule has 0 aliphatic rings. The monoisotopic (exact) mass is 347 g/mol. The van der Waals surface area contributed by atoms with Crippen molar-refractivity contribution in [2.75, 3.05) is 0 Å². The van der Waals surface area contributed by atoms with Crippen LogP contribution in [0.25, 0.3) is 5.73 Å². The number of hydrogen-bond donors (Lipinski definition) is 0. The van der Waals surface area contributed by atoms with Crippen LogP contribution in [0.2, 0.25) is 0 Å². The summed E-state index contributed by atoms with van der Waals surface area (Å²) in [5.41, 5.74) is 8.40. The van der Waals surface area contributed by atoms with Gasteiger partial charge in [-0.2, -0.15) is 0 Å². The molecule has 1 aromatic rings. The molecular formula is C8H10AcN-. The van der Waals surface area contributed by atoms with Crippen molar-refractivity contribution in [2.24, 2.45) is 0 Å². The zero-order valence-electron chi connectivity index (χ0n) is 6.04. The van der Waals surface area contributed by atoms with Crippen molar-refractivity contribution < 1.29 is 44.1 Å². The molecule has 1 rings (SSSR count). The molecule has 0 aliphatic carbocycles. The third-order valence-corrected chi connectivity index (χ3v) is 1.30. The molecular weight excluding hydrogens is 337 g/mol. The van der Waals surface area contributed by atoms with Crippen LogP contribution < -0.4 is 0 Å². The summed E-state index contributed by atoms with van der Waals surface area (Å²) in [4.78, 5) is 0. The van der Waals surface area contributed by atoms with Crippen molar-refractivity contribution in [2.45, 2.75) is 13.0 Å². The molecule has 0 heterocycles. The fourth-order valence-corrected chi connectivity index (χ4v) is 0.742. The predicted molar refractivity (Wildman–Crippen MR) is 39.2 cm³/mol. The van der Waals surface area contributed by atoms with Crippen LogP contribution in [0, 0.1) is 44.1 Å². The van der Waals surface area contributed by atoms with Gasteiger partial charge < -0.3 is 5.73 Å². The van der Waals surface area contributed by atoms with E-state index in [4.69, 9.17) is 5.73 Å². The number of rotatable bonds is 1. The van der Waals surface area contributed by atoms with Gasteiger partial charge in [-0.15, -0.1) is 6.04 Å². The Morgan fingerprint density at radius 3 is 2.00 bits per heavy atom. The maximum Gasteiger partial charge on any atom is 0 e. The molecule has 0 saturated carbocycles. The molecule has 10 heavy (non-hydrogen) atoms. The SMILES string of the molecule is C[C@@H]([NH-])c1ccccc1.[Ac]. The maximum atomic E-state index is 7.32. The topological polar surface area (TPSA) is 23.8 Å². The van der Waals surface area contributed by atoms with E-state index < -0.39 is 0 Å². The third kappa shape index (κ3) is 3.14. The van der Waals surface area contributed by atoms with E-state index in [9.17, 15) is 0 Å². The van der Waals surface area contributed by atoms with E-state index in [-0.39, 0.29) is 50.1 Å². The third-order valence-electron chi connectivity index (χ3n) is 1.30. The van der Waals surface area contributed by atoms with E-state index in [1.165, 1.54) is 0 Å². The summed E-state index contributed by atoms with van der Waals surface area (Å²) in [6, 6.07) is 9.73. The van der Waals surface area contributed by atoms with E-state index >= 15 is 0 Å². The molecule has 0 aromatic heterocycles. The van der Waals surface area contributed by atoms with Gasteiger partial charge in [-0.05, 0) is 0 Å². The average molecular weight is 347 g/mol. The van der Waals surface area contributed by atoms with Crippen LogP contribution in [0.5, 0.6) is 0 Å². The van der Waals surface area contributed by atoms with Crippen molar-refractivity contribution in [3.8, 4) is 0 Å². The second kappa shape index (κ2) is 5.30. The van der Waals surface area contributed by atoms with E-state index in [1.54, 1.807) is 0 Å². The Balaban J connectivity index is 0.000000810. The van der Waals surface area contributed by atoms with E-state index in [2.05, 4.69) is 0 Å². The van der Waals surface area contributed by atoms with E-state index in [0.29, 0.717) is 0 Å². The van der Waals surface area contributed by atoms with Crippen molar-refractivity contribution >= 4 is 0 Å². The molecule has 1 radical (unpaired) electrons. The first-order valence-corrected chi connectivity index (χ1v) is 3.07. The smallest absolute Gasteiger partial charge is 0 e. The molecule has 1 aromatic carbocycles. The summed E-state index contributed by atoms with van der Waals surface area (Å²) in [7, 11) is 0. The predicted octanol–water partition coefficient (Wildman–Crippen LogP) is 2.80. The zero-order valence-corrected chi connectivity index (χ0v) is 10.8. The summed E-state index contributed by atoms with van der Waals surface area (Å²) >= 11 is 0. The molecule has 2 heteroatoms. The molecule has 0 spiro atoms. The van der Waals surface area contributed by atoms with E-state index in [1.807, 2.05) is 37.3 Å². The molecule has 0 amide bonds. The number of benzene rings is 1. The Hall–Kier alpha value is 0.622. The van der Waals surface area contributed by atoms with Gasteiger partial charge >= 0.3 is 0 Å². The molecule has 1 atom stereocenters. The Kier molecular flexibility index (Phi) is 5.62. The van der Waals surface area contributed by atoms with Gasteiger partial charge in [0.1, 0.15) is 0 Å². The average Bonchev–Trinajstić information content (AvgIpc) is 1.90. The van der Waals surface area contributed by atoms with Gasteiger partial charge in [0.05, 0.1) is 0 Å². The van der Waals surface area contributed by atoms with Gasteiger partial charge in [0, 0.05) is 44.1 Å². The molecule has 0 unspecified atom stereocenters. The molecule has 1 nitrogen and oxygen atoms in total. The fourth-order valence-electron chi connectivity index (χ4n) is 0.742. The van der Waals surface area contributed by atoms with Gasteiger partial charge in [0.15, 0.2) is 0 Å². The van der Waals surface area contributed by atoms with Crippen molar-refractivity contribution in [1.29, 1.82) is 0 Å². The van der Waals surface area contributed by atoms with Crippen LogP contribution in [-0.2, 0) is 0 Å². The molecule has 0 fully saturated rings. The van der Waals surface area contributed by atoms with Crippen LogP contribution in [0.4, 0.5) is 0 Å². The summed E-state index contributed by atoms with van der Waals surface area (Å²) in [6.07, 6.45) is 0. The number of nitrogens with one attached hydrogen (secondary N) is 1. The molecule has 0 aliphatic heterocycles. The van der Waals surface area contributed by atoms with Gasteiger partial charge in [0.25, 0.3) is 0 Å². The Morgan fingerprint density at radius 1 is 1.20 bits per heavy atom. The first-order valence-electron chi connectivity index (χ1n) is 3.07. The van der Waals surface area contributed by atoms with Gasteiger partial charge in [-0.1, -0.05) is 42.8 Å². The minimum Gasteiger partial charge on any atom is -0.671 e. The molecule has 51 valence electrons. The Labute approximate surface area is 97.6 Å². The first kappa shape index (κ1) is 10.6. The summed E-state index contributed by atoms with van der Waals surface area (Å²) < 4.78 is 0. The zero-order chi connectivity index (χ0) is 6.69. The van der Waals surface area contributed by atoms with Crippen molar-refractivity contribution in [1.82, 2.24) is 0 Å². The van der Waals surface area contributed by atoms with Crippen molar-refractivity contribution in [3.63, 3.8) is 0 Å². The molecule has 0 bridgehead atoms.